The highest BCUT2D eigenvalue weighted by Gasteiger charge is 2.09. The molecule has 0 radical (unpaired) electrons. The van der Waals surface area contributed by atoms with Crippen molar-refractivity contribution >= 4 is 21.8 Å². The maximum atomic E-state index is 11.7. The number of aryl methyl sites for hydroxylation is 1. The average Bonchev–Trinajstić information content (AvgIpc) is 2.76. The Kier molecular flexibility index (Phi) is 4.20. The molecule has 0 atom stereocenters. The van der Waals surface area contributed by atoms with Crippen molar-refractivity contribution in [2.24, 2.45) is 0 Å². The van der Waals surface area contributed by atoms with Crippen LogP contribution in [-0.4, -0.2) is 12.5 Å². The summed E-state index contributed by atoms with van der Waals surface area (Å²) in [5.41, 5.74) is 2.45. The molecular weight excluding hydrogens is 294 g/mol. The number of hydrogen-bond acceptors (Lipinski definition) is 2. The Hall–Kier alpha value is -1.55. The number of nitrogens with one attached hydrogen (secondary N) is 1. The molecule has 0 unspecified atom stereocenters. The minimum Gasteiger partial charge on any atom is -0.444 e. The number of hydrogen-bond donors (Lipinski definition) is 1. The summed E-state index contributed by atoms with van der Waals surface area (Å²) >= 11 is 3.17. The normalized spacial score (nSPS) is 10.3. The zero-order valence-electron chi connectivity index (χ0n) is 10.1. The molecule has 0 aliphatic heterocycles. The highest BCUT2D eigenvalue weighted by atomic mass is 79.9. The molecule has 0 fully saturated rings. The predicted molar refractivity (Wildman–Crippen MR) is 73.6 cm³/mol. The summed E-state index contributed by atoms with van der Waals surface area (Å²) in [4.78, 5) is 11.7. The second kappa shape index (κ2) is 5.87. The van der Waals surface area contributed by atoms with Crippen molar-refractivity contribution in [1.82, 2.24) is 5.32 Å². The van der Waals surface area contributed by atoms with Crippen molar-refractivity contribution in [2.45, 2.75) is 13.3 Å². The van der Waals surface area contributed by atoms with E-state index in [2.05, 4.69) is 46.4 Å². The van der Waals surface area contributed by atoms with Crippen molar-refractivity contribution in [1.29, 1.82) is 0 Å². The predicted octanol–water partition coefficient (Wildman–Crippen LogP) is 3.32. The van der Waals surface area contributed by atoms with E-state index in [1.165, 1.54) is 11.1 Å². The molecule has 0 aliphatic rings. The lowest BCUT2D eigenvalue weighted by molar-refractivity contribution is 0.0925. The van der Waals surface area contributed by atoms with E-state index in [0.717, 1.165) is 6.42 Å². The van der Waals surface area contributed by atoms with Crippen LogP contribution in [0.15, 0.2) is 45.5 Å². The quantitative estimate of drug-likeness (QED) is 0.941. The third-order valence-corrected chi connectivity index (χ3v) is 3.00. The number of furan rings is 1. The maximum absolute atomic E-state index is 11.7. The molecule has 0 bridgehead atoms. The van der Waals surface area contributed by atoms with E-state index in [1.807, 2.05) is 6.07 Å². The van der Waals surface area contributed by atoms with Gasteiger partial charge >= 0.3 is 0 Å². The molecule has 2 rings (SSSR count). The Labute approximate surface area is 114 Å². The summed E-state index contributed by atoms with van der Waals surface area (Å²) in [5, 5.41) is 2.83. The van der Waals surface area contributed by atoms with E-state index >= 15 is 0 Å². The molecule has 0 spiro atoms. The zero-order chi connectivity index (χ0) is 13.0. The highest BCUT2D eigenvalue weighted by Crippen LogP contribution is 2.13. The standard InChI is InChI=1S/C14H14BrNO2/c1-10-3-2-4-11(9-10)7-8-16-14(17)12-5-6-13(15)18-12/h2-6,9H,7-8H2,1H3,(H,16,17). The monoisotopic (exact) mass is 307 g/mol. The van der Waals surface area contributed by atoms with E-state index in [9.17, 15) is 4.79 Å². The Morgan fingerprint density at radius 2 is 2.17 bits per heavy atom. The Morgan fingerprint density at radius 1 is 1.33 bits per heavy atom. The molecule has 0 saturated carbocycles. The summed E-state index contributed by atoms with van der Waals surface area (Å²) < 4.78 is 5.73. The van der Waals surface area contributed by atoms with E-state index in [4.69, 9.17) is 4.42 Å². The third-order valence-electron chi connectivity index (χ3n) is 2.58. The van der Waals surface area contributed by atoms with Gasteiger partial charge in [0.05, 0.1) is 0 Å². The molecule has 0 aliphatic carbocycles. The smallest absolute Gasteiger partial charge is 0.287 e. The molecule has 1 N–H and O–H groups in total. The van der Waals surface area contributed by atoms with Gasteiger partial charge in [-0.3, -0.25) is 4.79 Å². The fourth-order valence-electron chi connectivity index (χ4n) is 1.71. The maximum Gasteiger partial charge on any atom is 0.287 e. The lowest BCUT2D eigenvalue weighted by atomic mass is 10.1. The number of carbonyl (C=O) groups excluding carboxylic acids is 1. The first kappa shape index (κ1) is 12.9. The van der Waals surface area contributed by atoms with Crippen LogP contribution in [0.4, 0.5) is 0 Å². The minimum absolute atomic E-state index is 0.187. The summed E-state index contributed by atoms with van der Waals surface area (Å²) in [7, 11) is 0. The van der Waals surface area contributed by atoms with Crippen molar-refractivity contribution in [3.05, 3.63) is 58.0 Å². The Bertz CT molecular complexity index is 548. The van der Waals surface area contributed by atoms with Crippen LogP contribution >= 0.6 is 15.9 Å². The van der Waals surface area contributed by atoms with Gasteiger partial charge in [-0.15, -0.1) is 0 Å². The van der Waals surface area contributed by atoms with Crippen molar-refractivity contribution in [3.8, 4) is 0 Å². The molecular formula is C14H14BrNO2. The largest absolute Gasteiger partial charge is 0.444 e. The average molecular weight is 308 g/mol. The first-order valence-corrected chi connectivity index (χ1v) is 6.53. The molecule has 1 aromatic heterocycles. The van der Waals surface area contributed by atoms with Gasteiger partial charge in [-0.25, -0.2) is 0 Å². The van der Waals surface area contributed by atoms with E-state index in [-0.39, 0.29) is 5.91 Å². The van der Waals surface area contributed by atoms with Crippen LogP contribution in [0.1, 0.15) is 21.7 Å². The lowest BCUT2D eigenvalue weighted by Crippen LogP contribution is -2.25. The molecule has 1 heterocycles. The number of rotatable bonds is 4. The summed E-state index contributed by atoms with van der Waals surface area (Å²) in [6.07, 6.45) is 0.815. The number of halogens is 1. The van der Waals surface area contributed by atoms with Crippen LogP contribution in [0.2, 0.25) is 0 Å². The molecule has 1 aromatic carbocycles. The summed E-state index contributed by atoms with van der Waals surface area (Å²) in [6, 6.07) is 11.6. The van der Waals surface area contributed by atoms with Crippen LogP contribution in [0, 0.1) is 6.92 Å². The molecule has 2 aromatic rings. The van der Waals surface area contributed by atoms with Gasteiger partial charge in [0.15, 0.2) is 10.4 Å². The topological polar surface area (TPSA) is 42.2 Å². The van der Waals surface area contributed by atoms with Gasteiger partial charge in [0, 0.05) is 6.54 Å². The van der Waals surface area contributed by atoms with Gasteiger partial charge in [0.2, 0.25) is 0 Å². The second-order valence-corrected chi connectivity index (χ2v) is 4.88. The Morgan fingerprint density at radius 3 is 2.83 bits per heavy atom. The van der Waals surface area contributed by atoms with E-state index < -0.39 is 0 Å². The fourth-order valence-corrected chi connectivity index (χ4v) is 2.02. The molecule has 1 amide bonds. The van der Waals surface area contributed by atoms with Crippen LogP contribution in [0.3, 0.4) is 0 Å². The van der Waals surface area contributed by atoms with E-state index in [0.29, 0.717) is 17.0 Å². The molecule has 0 saturated heterocycles. The van der Waals surface area contributed by atoms with Crippen LogP contribution in [-0.2, 0) is 6.42 Å². The van der Waals surface area contributed by atoms with Crippen molar-refractivity contribution in [3.63, 3.8) is 0 Å². The highest BCUT2D eigenvalue weighted by molar-refractivity contribution is 9.10. The summed E-state index contributed by atoms with van der Waals surface area (Å²) in [5.74, 6) is 0.138. The van der Waals surface area contributed by atoms with Crippen LogP contribution in [0.25, 0.3) is 0 Å². The Balaban J connectivity index is 1.84. The van der Waals surface area contributed by atoms with Gasteiger partial charge in [-0.05, 0) is 47.0 Å². The van der Waals surface area contributed by atoms with Gasteiger partial charge in [0.25, 0.3) is 5.91 Å². The lowest BCUT2D eigenvalue weighted by Gasteiger charge is -2.04. The van der Waals surface area contributed by atoms with Crippen LogP contribution < -0.4 is 5.32 Å². The van der Waals surface area contributed by atoms with Crippen molar-refractivity contribution < 1.29 is 9.21 Å². The fraction of sp³-hybridized carbons (Fsp3) is 0.214. The first-order chi connectivity index (χ1) is 8.65. The number of carbonyl (C=O) groups is 1. The van der Waals surface area contributed by atoms with Crippen molar-refractivity contribution in [2.75, 3.05) is 6.54 Å². The number of benzene rings is 1. The van der Waals surface area contributed by atoms with Crippen LogP contribution in [0.5, 0.6) is 0 Å². The zero-order valence-corrected chi connectivity index (χ0v) is 11.7. The van der Waals surface area contributed by atoms with Gasteiger partial charge in [-0.2, -0.15) is 0 Å². The van der Waals surface area contributed by atoms with Gasteiger partial charge < -0.3 is 9.73 Å². The summed E-state index contributed by atoms with van der Waals surface area (Å²) in [6.45, 7) is 2.66. The minimum atomic E-state index is -0.187. The molecule has 18 heavy (non-hydrogen) atoms. The van der Waals surface area contributed by atoms with E-state index in [1.54, 1.807) is 12.1 Å². The SMILES string of the molecule is Cc1cccc(CCNC(=O)c2ccc(Br)o2)c1. The molecule has 3 nitrogen and oxygen atoms in total. The van der Waals surface area contributed by atoms with Gasteiger partial charge in [-0.1, -0.05) is 29.8 Å². The molecule has 94 valence electrons. The third kappa shape index (κ3) is 3.47. The molecule has 4 heteroatoms. The van der Waals surface area contributed by atoms with Gasteiger partial charge in [0.1, 0.15) is 0 Å². The second-order valence-electron chi connectivity index (χ2n) is 4.10. The number of amides is 1. The first-order valence-electron chi connectivity index (χ1n) is 5.74.